The van der Waals surface area contributed by atoms with Crippen molar-refractivity contribution in [3.05, 3.63) is 60.2 Å². The van der Waals surface area contributed by atoms with Crippen molar-refractivity contribution in [2.75, 3.05) is 19.7 Å². The first-order valence-electron chi connectivity index (χ1n) is 16.4. The van der Waals surface area contributed by atoms with Gasteiger partial charge in [-0.25, -0.2) is 0 Å². The molecular weight excluding hydrogens is 542 g/mol. The molecule has 8 heteroatoms. The summed E-state index contributed by atoms with van der Waals surface area (Å²) in [6.45, 7) is 7.11. The third-order valence-electron chi connectivity index (χ3n) is 11.1. The average molecular weight is 590 g/mol. The molecule has 5 aliphatic rings. The van der Waals surface area contributed by atoms with Crippen LogP contribution in [0.25, 0.3) is 0 Å². The van der Waals surface area contributed by atoms with Crippen molar-refractivity contribution in [3.8, 4) is 0 Å². The second-order valence-electron chi connectivity index (χ2n) is 13.3. The van der Waals surface area contributed by atoms with Crippen molar-refractivity contribution in [1.82, 2.24) is 14.7 Å². The highest BCUT2D eigenvalue weighted by Crippen LogP contribution is 2.59. The molecule has 1 spiro atoms. The molecule has 0 radical (unpaired) electrons. The van der Waals surface area contributed by atoms with Crippen LogP contribution in [0, 0.1) is 17.8 Å². The fourth-order valence-electron chi connectivity index (χ4n) is 8.61. The fourth-order valence-corrected chi connectivity index (χ4v) is 8.61. The van der Waals surface area contributed by atoms with Crippen LogP contribution in [0.15, 0.2) is 54.6 Å². The molecule has 3 amide bonds. The molecule has 2 saturated heterocycles. The molecule has 3 fully saturated rings. The maximum Gasteiger partial charge on any atom is 0.249 e. The molecule has 0 bridgehead atoms. The Bertz CT molecular complexity index is 1280. The molecule has 1 aromatic rings. The zero-order valence-corrected chi connectivity index (χ0v) is 25.9. The average Bonchev–Trinajstić information content (AvgIpc) is 3.33. The van der Waals surface area contributed by atoms with E-state index in [0.29, 0.717) is 26.1 Å². The summed E-state index contributed by atoms with van der Waals surface area (Å²) in [5.74, 6) is -2.18. The lowest BCUT2D eigenvalue weighted by Gasteiger charge is -2.43. The Morgan fingerprint density at radius 3 is 2.33 bits per heavy atom. The molecule has 232 valence electrons. The lowest BCUT2D eigenvalue weighted by molar-refractivity contribution is -0.160. The van der Waals surface area contributed by atoms with Crippen molar-refractivity contribution < 1.29 is 24.2 Å². The van der Waals surface area contributed by atoms with Gasteiger partial charge < -0.3 is 24.5 Å². The van der Waals surface area contributed by atoms with Crippen LogP contribution >= 0.6 is 0 Å². The number of carbonyl (C=O) groups is 3. The summed E-state index contributed by atoms with van der Waals surface area (Å²) in [6.07, 6.45) is 14.4. The van der Waals surface area contributed by atoms with E-state index >= 15 is 0 Å². The third kappa shape index (κ3) is 4.76. The van der Waals surface area contributed by atoms with Crippen molar-refractivity contribution in [1.29, 1.82) is 0 Å². The minimum absolute atomic E-state index is 0.0387. The molecule has 4 aliphatic heterocycles. The van der Waals surface area contributed by atoms with Crippen molar-refractivity contribution >= 4 is 17.7 Å². The molecule has 1 aromatic carbocycles. The van der Waals surface area contributed by atoms with Gasteiger partial charge in [-0.05, 0) is 30.7 Å². The van der Waals surface area contributed by atoms with E-state index in [4.69, 9.17) is 4.74 Å². The van der Waals surface area contributed by atoms with Gasteiger partial charge in [-0.2, -0.15) is 0 Å². The van der Waals surface area contributed by atoms with Crippen LogP contribution in [0.5, 0.6) is 0 Å². The van der Waals surface area contributed by atoms with Crippen LogP contribution in [0.3, 0.4) is 0 Å². The van der Waals surface area contributed by atoms with Crippen molar-refractivity contribution in [2.24, 2.45) is 17.8 Å². The molecule has 6 rings (SSSR count). The highest BCUT2D eigenvalue weighted by atomic mass is 16.5. The van der Waals surface area contributed by atoms with E-state index in [1.165, 1.54) is 6.42 Å². The van der Waals surface area contributed by atoms with Gasteiger partial charge >= 0.3 is 0 Å². The minimum atomic E-state index is -1.30. The second kappa shape index (κ2) is 11.8. The summed E-state index contributed by atoms with van der Waals surface area (Å²) < 4.78 is 7.15. The van der Waals surface area contributed by atoms with Gasteiger partial charge in [0.15, 0.2) is 0 Å². The Balaban J connectivity index is 1.47. The quantitative estimate of drug-likeness (QED) is 0.462. The SMILES string of the molecule is CC[C@H](C)[C@H](CO)N1C(=O)[C@@H]2[C@@H]3C(=O)N(Cc4ccccc4)CC=C[C@]3(CC)O[C@@]23C=CCN(C2CCCCC2)C(=O)C13. The van der Waals surface area contributed by atoms with E-state index < -0.39 is 35.1 Å². The van der Waals surface area contributed by atoms with Gasteiger partial charge in [-0.1, -0.05) is 101 Å². The number of carbonyl (C=O) groups excluding carboxylic acids is 3. The van der Waals surface area contributed by atoms with Crippen LogP contribution in [0.1, 0.15) is 71.3 Å². The number of ether oxygens (including phenoxy) is 1. The van der Waals surface area contributed by atoms with Crippen LogP contribution in [-0.4, -0.2) is 86.6 Å². The topological polar surface area (TPSA) is 90.4 Å². The number of amides is 3. The normalized spacial score (nSPS) is 34.1. The number of hydrogen-bond donors (Lipinski definition) is 1. The predicted molar refractivity (Wildman–Crippen MR) is 164 cm³/mol. The predicted octanol–water partition coefficient (Wildman–Crippen LogP) is 4.08. The Morgan fingerprint density at radius 1 is 0.930 bits per heavy atom. The Kier molecular flexibility index (Phi) is 8.28. The van der Waals surface area contributed by atoms with Gasteiger partial charge in [0.25, 0.3) is 0 Å². The summed E-state index contributed by atoms with van der Waals surface area (Å²) in [7, 11) is 0. The number of hydrogen-bond acceptors (Lipinski definition) is 5. The molecule has 8 nitrogen and oxygen atoms in total. The van der Waals surface area contributed by atoms with E-state index in [9.17, 15) is 19.5 Å². The first-order valence-corrected chi connectivity index (χ1v) is 16.4. The Hall–Kier alpha value is -2.97. The molecule has 1 aliphatic carbocycles. The van der Waals surface area contributed by atoms with E-state index in [1.54, 1.807) is 4.90 Å². The van der Waals surface area contributed by atoms with E-state index in [-0.39, 0.29) is 36.3 Å². The van der Waals surface area contributed by atoms with Gasteiger partial charge in [0.2, 0.25) is 17.7 Å². The molecule has 1 saturated carbocycles. The standard InChI is InChI=1S/C35H47N3O5/c1-4-24(3)27(23-39)38-30-33(42)37(26-16-10-7-11-17-26)21-13-19-35(30)29(32(38)41)28-31(40)36(22-25-14-8-6-9-15-25)20-12-18-34(28,5-2)43-35/h6,8-9,12-15,18-19,24,26-30,39H,4-5,7,10-11,16-17,20-23H2,1-3H3/t24-,27-,28+,29-,30?,34-,35-/m0/s1. The van der Waals surface area contributed by atoms with Crippen LogP contribution in [0.4, 0.5) is 0 Å². The minimum Gasteiger partial charge on any atom is -0.394 e. The molecule has 43 heavy (non-hydrogen) atoms. The lowest BCUT2D eigenvalue weighted by Crippen LogP contribution is -2.61. The number of rotatable bonds is 8. The zero-order valence-electron chi connectivity index (χ0n) is 25.9. The van der Waals surface area contributed by atoms with Gasteiger partial charge in [-0.15, -0.1) is 0 Å². The second-order valence-corrected chi connectivity index (χ2v) is 13.3. The maximum atomic E-state index is 14.9. The number of fused-ring (bicyclic) bond motifs is 2. The number of likely N-dealkylation sites (tertiary alicyclic amines) is 1. The van der Waals surface area contributed by atoms with E-state index in [0.717, 1.165) is 37.7 Å². The summed E-state index contributed by atoms with van der Waals surface area (Å²) in [5.41, 5.74) is -1.29. The van der Waals surface area contributed by atoms with Crippen LogP contribution < -0.4 is 0 Å². The van der Waals surface area contributed by atoms with Crippen molar-refractivity contribution in [3.63, 3.8) is 0 Å². The van der Waals surface area contributed by atoms with Crippen LogP contribution in [-0.2, 0) is 25.7 Å². The van der Waals surface area contributed by atoms with Gasteiger partial charge in [0.1, 0.15) is 11.6 Å². The van der Waals surface area contributed by atoms with Crippen molar-refractivity contribution in [2.45, 2.75) is 102 Å². The van der Waals surface area contributed by atoms with Gasteiger partial charge in [0.05, 0.1) is 30.1 Å². The lowest BCUT2D eigenvalue weighted by atomic mass is 9.73. The highest BCUT2D eigenvalue weighted by Gasteiger charge is 2.76. The smallest absolute Gasteiger partial charge is 0.249 e. The third-order valence-corrected chi connectivity index (χ3v) is 11.1. The van der Waals surface area contributed by atoms with E-state index in [1.807, 2.05) is 85.2 Å². The number of benzene rings is 1. The maximum absolute atomic E-state index is 14.9. The van der Waals surface area contributed by atoms with E-state index in [2.05, 4.69) is 0 Å². The summed E-state index contributed by atoms with van der Waals surface area (Å²) >= 11 is 0. The highest BCUT2D eigenvalue weighted by molar-refractivity contribution is 6.00. The zero-order chi connectivity index (χ0) is 30.4. The van der Waals surface area contributed by atoms with Gasteiger partial charge in [-0.3, -0.25) is 14.4 Å². The number of nitrogens with zero attached hydrogens (tertiary/aromatic N) is 3. The number of aliphatic hydroxyl groups excluding tert-OH is 1. The summed E-state index contributed by atoms with van der Waals surface area (Å²) in [5, 5.41) is 10.7. The molecule has 7 atom stereocenters. The van der Waals surface area contributed by atoms with Gasteiger partial charge in [0, 0.05) is 25.7 Å². The fraction of sp³-hybridized carbons (Fsp3) is 0.629. The molecule has 4 heterocycles. The first-order chi connectivity index (χ1) is 20.8. The Morgan fingerprint density at radius 2 is 1.65 bits per heavy atom. The summed E-state index contributed by atoms with van der Waals surface area (Å²) in [6, 6.07) is 8.52. The molecule has 0 aromatic heterocycles. The number of aliphatic hydroxyl groups is 1. The molecule has 1 N–H and O–H groups in total. The Labute approximate surface area is 255 Å². The monoisotopic (exact) mass is 589 g/mol. The van der Waals surface area contributed by atoms with Crippen LogP contribution in [0.2, 0.25) is 0 Å². The molecular formula is C35H47N3O5. The first kappa shape index (κ1) is 30.1. The summed E-state index contributed by atoms with van der Waals surface area (Å²) in [4.78, 5) is 49.8. The largest absolute Gasteiger partial charge is 0.394 e. The molecule has 1 unspecified atom stereocenters.